The molecule has 2 heterocycles. The van der Waals surface area contributed by atoms with Crippen molar-refractivity contribution in [1.29, 1.82) is 0 Å². The average molecular weight is 503 g/mol. The Morgan fingerprint density at radius 1 is 1.23 bits per heavy atom. The quantitative estimate of drug-likeness (QED) is 0.386. The minimum absolute atomic E-state index is 0.0904. The molecule has 1 aromatic carbocycles. The van der Waals surface area contributed by atoms with Crippen LogP contribution >= 0.6 is 15.9 Å². The number of halogens is 4. The SMILES string of the molecule is CCS(=O)(=O)c1nc(N[C@H](C)c2cccc(C(F)(F)F)c2C)c2cc(Br)ncc2n1. The normalized spacial score (nSPS) is 13.4. The van der Waals surface area contributed by atoms with Crippen LogP contribution in [-0.2, 0) is 16.0 Å². The van der Waals surface area contributed by atoms with E-state index in [1.807, 2.05) is 0 Å². The lowest BCUT2D eigenvalue weighted by molar-refractivity contribution is -0.138. The lowest BCUT2D eigenvalue weighted by atomic mass is 9.97. The van der Waals surface area contributed by atoms with Gasteiger partial charge in [0.2, 0.25) is 15.0 Å². The van der Waals surface area contributed by atoms with Gasteiger partial charge in [-0.25, -0.2) is 23.4 Å². The van der Waals surface area contributed by atoms with E-state index < -0.39 is 27.6 Å². The predicted molar refractivity (Wildman–Crippen MR) is 111 cm³/mol. The fourth-order valence-corrected chi connectivity index (χ4v) is 4.13. The fourth-order valence-electron chi connectivity index (χ4n) is 3.08. The van der Waals surface area contributed by atoms with Crippen molar-refractivity contribution in [2.45, 2.75) is 38.1 Å². The van der Waals surface area contributed by atoms with Crippen molar-refractivity contribution in [1.82, 2.24) is 15.0 Å². The summed E-state index contributed by atoms with van der Waals surface area (Å²) >= 11 is 3.25. The smallest absolute Gasteiger partial charge is 0.363 e. The second-order valence-electron chi connectivity index (χ2n) is 6.67. The Hall–Kier alpha value is -2.27. The van der Waals surface area contributed by atoms with Crippen LogP contribution in [-0.4, -0.2) is 29.1 Å². The van der Waals surface area contributed by atoms with Gasteiger partial charge in [-0.15, -0.1) is 0 Å². The van der Waals surface area contributed by atoms with E-state index in [-0.39, 0.29) is 22.3 Å². The van der Waals surface area contributed by atoms with Gasteiger partial charge >= 0.3 is 6.18 Å². The molecule has 0 radical (unpaired) electrons. The van der Waals surface area contributed by atoms with Crippen LogP contribution in [0.15, 0.2) is 40.2 Å². The number of rotatable bonds is 5. The number of hydrogen-bond donors (Lipinski definition) is 1. The summed E-state index contributed by atoms with van der Waals surface area (Å²) in [5.74, 6) is 0.00364. The van der Waals surface area contributed by atoms with Crippen LogP contribution in [0.2, 0.25) is 0 Å². The van der Waals surface area contributed by atoms with E-state index >= 15 is 0 Å². The Morgan fingerprint density at radius 3 is 2.57 bits per heavy atom. The molecule has 0 saturated carbocycles. The second kappa shape index (κ2) is 8.10. The molecule has 0 spiro atoms. The highest BCUT2D eigenvalue weighted by molar-refractivity contribution is 9.10. The number of sulfone groups is 1. The molecule has 0 unspecified atom stereocenters. The summed E-state index contributed by atoms with van der Waals surface area (Å²) in [4.78, 5) is 12.3. The van der Waals surface area contributed by atoms with Crippen LogP contribution in [0.3, 0.4) is 0 Å². The summed E-state index contributed by atoms with van der Waals surface area (Å²) in [5, 5.41) is 3.18. The van der Waals surface area contributed by atoms with Crippen molar-refractivity contribution in [3.05, 3.63) is 51.8 Å². The molecular formula is C19H18BrF3N4O2S. The first-order valence-electron chi connectivity index (χ1n) is 8.93. The first-order chi connectivity index (χ1) is 13.9. The number of fused-ring (bicyclic) bond motifs is 1. The molecule has 0 amide bonds. The maximum Gasteiger partial charge on any atom is 0.416 e. The van der Waals surface area contributed by atoms with Crippen molar-refractivity contribution in [2.24, 2.45) is 0 Å². The summed E-state index contributed by atoms with van der Waals surface area (Å²) in [6, 6.07) is 4.99. The molecule has 1 atom stereocenters. The van der Waals surface area contributed by atoms with Crippen LogP contribution in [0, 0.1) is 6.92 Å². The van der Waals surface area contributed by atoms with Crippen LogP contribution < -0.4 is 5.32 Å². The van der Waals surface area contributed by atoms with Gasteiger partial charge in [-0.05, 0) is 53.0 Å². The first kappa shape index (κ1) is 22.4. The molecule has 0 aliphatic carbocycles. The minimum Gasteiger partial charge on any atom is -0.363 e. The Kier molecular flexibility index (Phi) is 6.06. The Balaban J connectivity index is 2.12. The van der Waals surface area contributed by atoms with E-state index in [9.17, 15) is 21.6 Å². The summed E-state index contributed by atoms with van der Waals surface area (Å²) in [5.41, 5.74) is 0.0929. The predicted octanol–water partition coefficient (Wildman–Crippen LogP) is 5.08. The highest BCUT2D eigenvalue weighted by Crippen LogP contribution is 2.35. The first-order valence-corrected chi connectivity index (χ1v) is 11.4. The van der Waals surface area contributed by atoms with Crippen molar-refractivity contribution < 1.29 is 21.6 Å². The van der Waals surface area contributed by atoms with Gasteiger partial charge in [0.05, 0.1) is 29.1 Å². The van der Waals surface area contributed by atoms with Crippen molar-refractivity contribution >= 4 is 42.5 Å². The monoisotopic (exact) mass is 502 g/mol. The number of nitrogens with zero attached hydrogens (tertiary/aromatic N) is 3. The van der Waals surface area contributed by atoms with E-state index in [1.54, 1.807) is 19.1 Å². The van der Waals surface area contributed by atoms with Gasteiger partial charge in [-0.3, -0.25) is 0 Å². The maximum atomic E-state index is 13.3. The van der Waals surface area contributed by atoms with Gasteiger partial charge < -0.3 is 5.32 Å². The van der Waals surface area contributed by atoms with Crippen molar-refractivity contribution in [3.8, 4) is 0 Å². The number of pyridine rings is 1. The molecule has 0 bridgehead atoms. The van der Waals surface area contributed by atoms with Gasteiger partial charge in [-0.1, -0.05) is 19.1 Å². The molecule has 2 aromatic heterocycles. The number of nitrogens with one attached hydrogen (secondary N) is 1. The zero-order valence-electron chi connectivity index (χ0n) is 16.2. The van der Waals surface area contributed by atoms with Gasteiger partial charge in [-0.2, -0.15) is 13.2 Å². The molecule has 30 heavy (non-hydrogen) atoms. The second-order valence-corrected chi connectivity index (χ2v) is 9.65. The van der Waals surface area contributed by atoms with E-state index in [0.717, 1.165) is 6.07 Å². The number of hydrogen-bond acceptors (Lipinski definition) is 6. The summed E-state index contributed by atoms with van der Waals surface area (Å²) < 4.78 is 64.9. The molecule has 3 rings (SSSR count). The minimum atomic E-state index is -4.47. The number of anilines is 1. The molecule has 0 saturated heterocycles. The topological polar surface area (TPSA) is 84.8 Å². The largest absolute Gasteiger partial charge is 0.416 e. The summed E-state index contributed by atoms with van der Waals surface area (Å²) in [6.07, 6.45) is -3.07. The third-order valence-electron chi connectivity index (χ3n) is 4.69. The third-order valence-corrected chi connectivity index (χ3v) is 6.62. The Labute approximate surface area is 180 Å². The van der Waals surface area contributed by atoms with Gasteiger partial charge in [0.15, 0.2) is 0 Å². The standard InChI is InChI=1S/C19H18BrF3N4O2S/c1-4-30(28,29)18-26-15-9-24-16(20)8-13(15)17(27-18)25-11(3)12-6-5-7-14(10(12)2)19(21,22)23/h5-9,11H,4H2,1-3H3,(H,25,26,27)/t11-/m1/s1. The highest BCUT2D eigenvalue weighted by atomic mass is 79.9. The molecular weight excluding hydrogens is 485 g/mol. The lowest BCUT2D eigenvalue weighted by Crippen LogP contribution is -2.16. The molecule has 1 N–H and O–H groups in total. The van der Waals surface area contributed by atoms with Crippen molar-refractivity contribution in [3.63, 3.8) is 0 Å². The van der Waals surface area contributed by atoms with Crippen LogP contribution in [0.25, 0.3) is 10.9 Å². The van der Waals surface area contributed by atoms with Crippen LogP contribution in [0.5, 0.6) is 0 Å². The molecule has 160 valence electrons. The van der Waals surface area contributed by atoms with E-state index in [1.165, 1.54) is 26.1 Å². The number of benzene rings is 1. The zero-order chi connectivity index (χ0) is 22.3. The molecule has 0 aliphatic heterocycles. The van der Waals surface area contributed by atoms with E-state index in [0.29, 0.717) is 21.1 Å². The third kappa shape index (κ3) is 4.41. The molecule has 11 heteroatoms. The van der Waals surface area contributed by atoms with E-state index in [4.69, 9.17) is 0 Å². The Morgan fingerprint density at radius 2 is 1.93 bits per heavy atom. The molecule has 6 nitrogen and oxygen atoms in total. The lowest BCUT2D eigenvalue weighted by Gasteiger charge is -2.21. The van der Waals surface area contributed by atoms with Gasteiger partial charge in [0.1, 0.15) is 10.4 Å². The van der Waals surface area contributed by atoms with Gasteiger partial charge in [0.25, 0.3) is 0 Å². The zero-order valence-corrected chi connectivity index (χ0v) is 18.7. The summed E-state index contributed by atoms with van der Waals surface area (Å²) in [6.45, 7) is 4.56. The maximum absolute atomic E-state index is 13.3. The molecule has 3 aromatic rings. The fraction of sp³-hybridized carbons (Fsp3) is 0.316. The average Bonchev–Trinajstić information content (AvgIpc) is 2.67. The highest BCUT2D eigenvalue weighted by Gasteiger charge is 2.33. The molecule has 0 fully saturated rings. The van der Waals surface area contributed by atoms with Crippen molar-refractivity contribution in [2.75, 3.05) is 11.1 Å². The van der Waals surface area contributed by atoms with Crippen LogP contribution in [0.4, 0.5) is 19.0 Å². The summed E-state index contributed by atoms with van der Waals surface area (Å²) in [7, 11) is -3.71. The molecule has 0 aliphatic rings. The Bertz CT molecular complexity index is 1220. The van der Waals surface area contributed by atoms with Gasteiger partial charge in [0, 0.05) is 5.39 Å². The van der Waals surface area contributed by atoms with Crippen LogP contribution in [0.1, 0.15) is 36.6 Å². The number of aromatic nitrogens is 3. The number of alkyl halides is 3. The van der Waals surface area contributed by atoms with E-state index in [2.05, 4.69) is 36.2 Å².